The Morgan fingerprint density at radius 2 is 2.10 bits per heavy atom. The highest BCUT2D eigenvalue weighted by atomic mass is 16.3. The van der Waals surface area contributed by atoms with E-state index in [9.17, 15) is 9.90 Å². The van der Waals surface area contributed by atoms with E-state index >= 15 is 0 Å². The number of anilines is 1. The van der Waals surface area contributed by atoms with Gasteiger partial charge < -0.3 is 15.7 Å². The Kier molecular flexibility index (Phi) is 4.51. The van der Waals surface area contributed by atoms with Gasteiger partial charge >= 0.3 is 0 Å². The zero-order valence-electron chi connectivity index (χ0n) is 16.9. The number of carbonyl (C=O) groups excluding carboxylic acids is 1. The molecule has 4 heterocycles. The molecule has 8 nitrogen and oxygen atoms in total. The third-order valence-corrected chi connectivity index (χ3v) is 5.40. The Labute approximate surface area is 178 Å². The van der Waals surface area contributed by atoms with Gasteiger partial charge in [-0.2, -0.15) is 9.61 Å². The fourth-order valence-corrected chi connectivity index (χ4v) is 3.78. The van der Waals surface area contributed by atoms with Crippen molar-refractivity contribution in [1.29, 1.82) is 0 Å². The number of nitrogens with two attached hydrogens (primary N) is 1. The number of aliphatic hydroxyl groups excluding tert-OH is 1. The maximum Gasteiger partial charge on any atom is 0.251 e. The Morgan fingerprint density at radius 1 is 1.23 bits per heavy atom. The molecule has 0 saturated carbocycles. The van der Waals surface area contributed by atoms with E-state index < -0.39 is 6.10 Å². The third kappa shape index (κ3) is 3.24. The van der Waals surface area contributed by atoms with Crippen LogP contribution >= 0.6 is 0 Å². The Morgan fingerprint density at radius 3 is 2.87 bits per heavy atom. The van der Waals surface area contributed by atoms with Gasteiger partial charge in [0.15, 0.2) is 5.65 Å². The number of hydrogen-bond donors (Lipinski definition) is 2. The first-order chi connectivity index (χ1) is 15.0. The molecule has 0 aromatic carbocycles. The molecule has 1 unspecified atom stereocenters. The summed E-state index contributed by atoms with van der Waals surface area (Å²) in [6.07, 6.45) is 12.1. The van der Waals surface area contributed by atoms with E-state index in [0.717, 1.165) is 33.7 Å². The number of allylic oxidation sites excluding steroid dienone is 5. The second-order valence-corrected chi connectivity index (χ2v) is 7.49. The van der Waals surface area contributed by atoms with E-state index in [1.165, 1.54) is 6.92 Å². The Balaban J connectivity index is 1.51. The predicted molar refractivity (Wildman–Crippen MR) is 116 cm³/mol. The second kappa shape index (κ2) is 7.36. The van der Waals surface area contributed by atoms with Crippen LogP contribution in [0.1, 0.15) is 23.9 Å². The lowest BCUT2D eigenvalue weighted by Gasteiger charge is -2.16. The smallest absolute Gasteiger partial charge is 0.251 e. The normalized spacial score (nSPS) is 15.8. The van der Waals surface area contributed by atoms with Crippen LogP contribution in [0.2, 0.25) is 0 Å². The summed E-state index contributed by atoms with van der Waals surface area (Å²) in [5, 5.41) is 14.0. The zero-order valence-corrected chi connectivity index (χ0v) is 16.9. The molecule has 154 valence electrons. The van der Waals surface area contributed by atoms with Crippen LogP contribution in [0, 0.1) is 0 Å². The molecule has 3 aromatic heterocycles. The van der Waals surface area contributed by atoms with Crippen molar-refractivity contribution in [3.63, 3.8) is 0 Å². The number of rotatable bonds is 3. The first-order valence-corrected chi connectivity index (χ1v) is 9.91. The molecule has 31 heavy (non-hydrogen) atoms. The topological polar surface area (TPSA) is 110 Å². The molecule has 0 bridgehead atoms. The van der Waals surface area contributed by atoms with Gasteiger partial charge in [0.05, 0.1) is 30.7 Å². The van der Waals surface area contributed by atoms with Crippen LogP contribution < -0.4 is 5.73 Å². The van der Waals surface area contributed by atoms with Crippen LogP contribution in [-0.2, 0) is 17.9 Å². The van der Waals surface area contributed by atoms with E-state index in [1.54, 1.807) is 21.8 Å². The molecule has 2 aliphatic rings. The summed E-state index contributed by atoms with van der Waals surface area (Å²) in [5.41, 5.74) is 15.0. The molecule has 1 atom stereocenters. The van der Waals surface area contributed by atoms with E-state index in [1.807, 2.05) is 42.5 Å². The average molecular weight is 412 g/mol. The van der Waals surface area contributed by atoms with Gasteiger partial charge in [-0.1, -0.05) is 24.3 Å². The quantitative estimate of drug-likeness (QED) is 0.639. The van der Waals surface area contributed by atoms with E-state index in [2.05, 4.69) is 15.8 Å². The van der Waals surface area contributed by atoms with Crippen LogP contribution in [-0.4, -0.2) is 41.6 Å². The van der Waals surface area contributed by atoms with Gasteiger partial charge in [-0.25, -0.2) is 4.98 Å². The fourth-order valence-electron chi connectivity index (χ4n) is 3.78. The van der Waals surface area contributed by atoms with Crippen molar-refractivity contribution >= 4 is 22.9 Å². The van der Waals surface area contributed by atoms with Crippen LogP contribution in [0.25, 0.3) is 22.3 Å². The fraction of sp³-hybridized carbons (Fsp3) is 0.174. The van der Waals surface area contributed by atoms with Crippen molar-refractivity contribution < 1.29 is 9.90 Å². The van der Waals surface area contributed by atoms with Crippen molar-refractivity contribution in [2.75, 3.05) is 5.73 Å². The number of pyridine rings is 1. The van der Waals surface area contributed by atoms with Gasteiger partial charge in [0.1, 0.15) is 11.9 Å². The van der Waals surface area contributed by atoms with Gasteiger partial charge in [0, 0.05) is 28.5 Å². The summed E-state index contributed by atoms with van der Waals surface area (Å²) in [7, 11) is 0. The number of hydrogen-bond acceptors (Lipinski definition) is 6. The lowest BCUT2D eigenvalue weighted by Crippen LogP contribution is -2.33. The molecule has 0 spiro atoms. The van der Waals surface area contributed by atoms with Crippen molar-refractivity contribution in [2.24, 2.45) is 0 Å². The summed E-state index contributed by atoms with van der Waals surface area (Å²) in [4.78, 5) is 23.1. The molecule has 0 saturated heterocycles. The molecular weight excluding hydrogens is 392 g/mol. The van der Waals surface area contributed by atoms with Crippen LogP contribution in [0.15, 0.2) is 60.6 Å². The van der Waals surface area contributed by atoms with Gasteiger partial charge in [0.2, 0.25) is 0 Å². The molecule has 0 fully saturated rings. The van der Waals surface area contributed by atoms with Gasteiger partial charge in [0.25, 0.3) is 5.91 Å². The minimum Gasteiger partial charge on any atom is -0.384 e. The monoisotopic (exact) mass is 412 g/mol. The number of aliphatic hydroxyl groups is 1. The summed E-state index contributed by atoms with van der Waals surface area (Å²) in [6.45, 7) is 2.07. The van der Waals surface area contributed by atoms with Gasteiger partial charge in [-0.15, -0.1) is 5.73 Å². The van der Waals surface area contributed by atoms with E-state index in [4.69, 9.17) is 10.7 Å². The van der Waals surface area contributed by atoms with Crippen LogP contribution in [0.3, 0.4) is 0 Å². The largest absolute Gasteiger partial charge is 0.384 e. The summed E-state index contributed by atoms with van der Waals surface area (Å²) in [5.74, 6) is 0.101. The number of fused-ring (bicyclic) bond motifs is 2. The van der Waals surface area contributed by atoms with Crippen molar-refractivity contribution in [2.45, 2.75) is 26.1 Å². The second-order valence-electron chi connectivity index (χ2n) is 7.49. The highest BCUT2D eigenvalue weighted by Crippen LogP contribution is 2.31. The van der Waals surface area contributed by atoms with E-state index in [0.29, 0.717) is 24.6 Å². The minimum absolute atomic E-state index is 0.308. The van der Waals surface area contributed by atoms with Crippen LogP contribution in [0.5, 0.6) is 0 Å². The standard InChI is InChI=1S/C23H20N6O2/c1-14(30)23(31)28-12-18-20(13-28)27-22-17(11-26-29(22)21(18)24)16-8-9-19(25-10-16)15-6-4-2-3-5-7-15/h2-6,8-11,14,30H,12-13,24H2,1H3. The maximum absolute atomic E-state index is 12.2. The van der Waals surface area contributed by atoms with Crippen molar-refractivity contribution in [3.05, 3.63) is 77.6 Å². The number of nitrogen functional groups attached to an aromatic ring is 1. The number of nitrogens with zero attached hydrogens (tertiary/aromatic N) is 5. The molecule has 1 amide bonds. The molecule has 3 aromatic rings. The SMILES string of the molecule is CC(O)C(=O)N1Cc2nc3c(-c4ccc(C5=C=CC=CC=C5)nc4)cnn3c(N)c2C1. The lowest BCUT2D eigenvalue weighted by molar-refractivity contribution is -0.139. The number of aromatic nitrogens is 4. The van der Waals surface area contributed by atoms with Gasteiger partial charge in [-0.3, -0.25) is 9.78 Å². The highest BCUT2D eigenvalue weighted by Gasteiger charge is 2.30. The zero-order chi connectivity index (χ0) is 21.5. The molecule has 3 N–H and O–H groups in total. The molecule has 1 aliphatic carbocycles. The molecule has 8 heteroatoms. The maximum atomic E-state index is 12.2. The summed E-state index contributed by atoms with van der Waals surface area (Å²) < 4.78 is 1.59. The van der Waals surface area contributed by atoms with Crippen molar-refractivity contribution in [1.82, 2.24) is 24.5 Å². The first kappa shape index (κ1) is 19.0. The van der Waals surface area contributed by atoms with Crippen molar-refractivity contribution in [3.8, 4) is 11.1 Å². The summed E-state index contributed by atoms with van der Waals surface area (Å²) in [6, 6.07) is 3.90. The molecule has 0 radical (unpaired) electrons. The highest BCUT2D eigenvalue weighted by molar-refractivity contribution is 5.82. The lowest BCUT2D eigenvalue weighted by atomic mass is 10.1. The third-order valence-electron chi connectivity index (χ3n) is 5.40. The predicted octanol–water partition coefficient (Wildman–Crippen LogP) is 2.26. The molecule has 1 aliphatic heterocycles. The minimum atomic E-state index is -1.07. The molecular formula is C23H20N6O2. The number of amides is 1. The first-order valence-electron chi connectivity index (χ1n) is 9.91. The number of carbonyl (C=O) groups is 1. The Bertz CT molecular complexity index is 1320. The molecule has 5 rings (SSSR count). The van der Waals surface area contributed by atoms with Gasteiger partial charge in [-0.05, 0) is 25.1 Å². The van der Waals surface area contributed by atoms with E-state index in [-0.39, 0.29) is 5.91 Å². The Hall–Kier alpha value is -4.00. The van der Waals surface area contributed by atoms with Crippen LogP contribution in [0.4, 0.5) is 5.82 Å². The average Bonchev–Trinajstić information content (AvgIpc) is 3.29. The summed E-state index contributed by atoms with van der Waals surface area (Å²) >= 11 is 0.